The Morgan fingerprint density at radius 1 is 1.00 bits per heavy atom. The van der Waals surface area contributed by atoms with Crippen molar-refractivity contribution in [2.24, 2.45) is 11.6 Å². The van der Waals surface area contributed by atoms with Crippen LogP contribution in [-0.4, -0.2) is 0 Å². The van der Waals surface area contributed by atoms with E-state index in [1.165, 1.54) is 0 Å². The number of nitrogens with one attached hydrogen (secondary N) is 1. The van der Waals surface area contributed by atoms with Crippen molar-refractivity contribution in [3.05, 3.63) is 65.4 Å². The van der Waals surface area contributed by atoms with Gasteiger partial charge in [0.2, 0.25) is 0 Å². The van der Waals surface area contributed by atoms with E-state index >= 15 is 0 Å². The molecule has 0 heterocycles. The molecule has 0 fully saturated rings. The Morgan fingerprint density at radius 2 is 1.71 bits per heavy atom. The number of benzene rings is 2. The van der Waals surface area contributed by atoms with Gasteiger partial charge in [-0.3, -0.25) is 0 Å². The predicted octanol–water partition coefficient (Wildman–Crippen LogP) is 1.84. The minimum absolute atomic E-state index is 0.118. The number of hydrogen-bond donors (Lipinski definition) is 3. The van der Waals surface area contributed by atoms with Crippen molar-refractivity contribution in [3.63, 3.8) is 0 Å². The molecule has 0 aliphatic carbocycles. The summed E-state index contributed by atoms with van der Waals surface area (Å²) < 4.78 is 0. The average Bonchev–Trinajstić information content (AvgIpc) is 2.56. The molecule has 0 saturated carbocycles. The fraction of sp³-hybridized carbons (Fsp3) is 0. The maximum atomic E-state index is 8.94. The van der Waals surface area contributed by atoms with Crippen molar-refractivity contribution in [1.82, 2.24) is 5.43 Å². The van der Waals surface area contributed by atoms with Crippen LogP contribution >= 0.6 is 0 Å². The molecule has 5 N–H and O–H groups in total. The molecule has 2 aromatic carbocycles. The van der Waals surface area contributed by atoms with Crippen LogP contribution in [-0.2, 0) is 0 Å². The molecule has 5 heteroatoms. The van der Waals surface area contributed by atoms with Gasteiger partial charge in [-0.1, -0.05) is 30.3 Å². The van der Waals surface area contributed by atoms with Gasteiger partial charge in [0.25, 0.3) is 0 Å². The quantitative estimate of drug-likeness (QED) is 0.449. The lowest BCUT2D eigenvalue weighted by Crippen LogP contribution is -2.23. The predicted molar refractivity (Wildman–Crippen MR) is 80.6 cm³/mol. The van der Waals surface area contributed by atoms with Crippen LogP contribution in [0.1, 0.15) is 11.1 Å². The molecule has 21 heavy (non-hydrogen) atoms. The summed E-state index contributed by atoms with van der Waals surface area (Å²) in [6, 6.07) is 18.7. The normalized spacial score (nSPS) is 11.0. The Hall–Kier alpha value is -3.28. The summed E-state index contributed by atoms with van der Waals surface area (Å²) in [6.45, 7) is 0. The van der Waals surface area contributed by atoms with Gasteiger partial charge in [-0.05, 0) is 29.3 Å². The molecule has 0 spiro atoms. The van der Waals surface area contributed by atoms with Crippen LogP contribution in [0.4, 0.5) is 0 Å². The molecule has 2 aromatic rings. The zero-order valence-electron chi connectivity index (χ0n) is 11.2. The molecule has 0 bridgehead atoms. The third-order valence-electron chi connectivity index (χ3n) is 3.05. The van der Waals surface area contributed by atoms with E-state index in [9.17, 15) is 0 Å². The Kier molecular flexibility index (Phi) is 4.20. The van der Waals surface area contributed by atoms with E-state index < -0.39 is 0 Å². The minimum atomic E-state index is 0.118. The maximum absolute atomic E-state index is 8.94. The monoisotopic (exact) mass is 275 g/mol. The third kappa shape index (κ3) is 3.01. The summed E-state index contributed by atoms with van der Waals surface area (Å²) in [5.41, 5.74) is 11.8. The number of nitrogens with two attached hydrogens (primary N) is 2. The van der Waals surface area contributed by atoms with Gasteiger partial charge in [0.1, 0.15) is 6.07 Å². The molecule has 5 nitrogen and oxygen atoms in total. The van der Waals surface area contributed by atoms with Crippen molar-refractivity contribution >= 4 is 5.70 Å². The van der Waals surface area contributed by atoms with Gasteiger partial charge in [0.15, 0.2) is 5.70 Å². The Labute approximate surface area is 122 Å². The van der Waals surface area contributed by atoms with E-state index in [-0.39, 0.29) is 11.4 Å². The van der Waals surface area contributed by atoms with E-state index in [2.05, 4.69) is 11.5 Å². The number of hydrazine groups is 1. The average molecular weight is 275 g/mol. The number of rotatable bonds is 3. The SMILES string of the molecule is N#C/C(NN)=C(/N)c1cccc(-c2ccc(C#N)cc2)c1. The standard InChI is InChI=1S/C16H13N5/c17-9-11-4-6-12(7-5-11)13-2-1-3-14(8-13)16(19)15(10-18)21-20/h1-8,21H,19-20H2/b16-15-. The van der Waals surface area contributed by atoms with Crippen LogP contribution in [0.3, 0.4) is 0 Å². The van der Waals surface area contributed by atoms with E-state index in [1.54, 1.807) is 18.2 Å². The van der Waals surface area contributed by atoms with Crippen LogP contribution in [0.25, 0.3) is 16.8 Å². The summed E-state index contributed by atoms with van der Waals surface area (Å²) >= 11 is 0. The molecule has 0 aliphatic rings. The van der Waals surface area contributed by atoms with Crippen LogP contribution in [0.5, 0.6) is 0 Å². The first-order valence-electron chi connectivity index (χ1n) is 6.17. The zero-order valence-corrected chi connectivity index (χ0v) is 11.2. The lowest BCUT2D eigenvalue weighted by molar-refractivity contribution is 0.920. The minimum Gasteiger partial charge on any atom is -0.396 e. The first-order chi connectivity index (χ1) is 10.2. The highest BCUT2D eigenvalue weighted by molar-refractivity contribution is 5.74. The van der Waals surface area contributed by atoms with E-state index in [0.717, 1.165) is 11.1 Å². The molecule has 2 rings (SSSR count). The molecular weight excluding hydrogens is 262 g/mol. The third-order valence-corrected chi connectivity index (χ3v) is 3.05. The van der Waals surface area contributed by atoms with Crippen LogP contribution in [0.2, 0.25) is 0 Å². The summed E-state index contributed by atoms with van der Waals surface area (Å²) in [7, 11) is 0. The van der Waals surface area contributed by atoms with Gasteiger partial charge in [0, 0.05) is 5.56 Å². The van der Waals surface area contributed by atoms with Crippen molar-refractivity contribution in [3.8, 4) is 23.3 Å². The highest BCUT2D eigenvalue weighted by atomic mass is 15.2. The zero-order chi connectivity index (χ0) is 15.2. The second-order valence-corrected chi connectivity index (χ2v) is 4.31. The summed E-state index contributed by atoms with van der Waals surface area (Å²) in [4.78, 5) is 0. The first kappa shape index (κ1) is 14.1. The molecule has 0 aliphatic heterocycles. The number of hydrogen-bond acceptors (Lipinski definition) is 5. The topological polar surface area (TPSA) is 112 Å². The van der Waals surface area contributed by atoms with E-state index in [0.29, 0.717) is 11.1 Å². The Bertz CT molecular complexity index is 760. The van der Waals surface area contributed by atoms with Crippen molar-refractivity contribution in [2.45, 2.75) is 0 Å². The highest BCUT2D eigenvalue weighted by Crippen LogP contribution is 2.23. The van der Waals surface area contributed by atoms with Gasteiger partial charge in [-0.2, -0.15) is 10.5 Å². The lowest BCUT2D eigenvalue weighted by Gasteiger charge is -2.08. The molecule has 0 aromatic heterocycles. The van der Waals surface area contributed by atoms with Crippen LogP contribution < -0.4 is 17.0 Å². The summed E-state index contributed by atoms with van der Waals surface area (Å²) in [5, 5.41) is 17.8. The summed E-state index contributed by atoms with van der Waals surface area (Å²) in [6.07, 6.45) is 0. The summed E-state index contributed by atoms with van der Waals surface area (Å²) in [5.74, 6) is 5.26. The molecule has 0 saturated heterocycles. The molecule has 0 amide bonds. The van der Waals surface area contributed by atoms with Crippen LogP contribution in [0.15, 0.2) is 54.2 Å². The number of allylic oxidation sites excluding steroid dienone is 1. The molecular formula is C16H13N5. The number of nitriles is 2. The van der Waals surface area contributed by atoms with Gasteiger partial charge in [0.05, 0.1) is 17.3 Å². The van der Waals surface area contributed by atoms with Crippen molar-refractivity contribution in [2.75, 3.05) is 0 Å². The van der Waals surface area contributed by atoms with Gasteiger partial charge < -0.3 is 11.2 Å². The van der Waals surface area contributed by atoms with Crippen molar-refractivity contribution in [1.29, 1.82) is 10.5 Å². The lowest BCUT2D eigenvalue weighted by atomic mass is 10.0. The highest BCUT2D eigenvalue weighted by Gasteiger charge is 2.06. The van der Waals surface area contributed by atoms with Gasteiger partial charge in [-0.25, -0.2) is 5.84 Å². The molecule has 0 unspecified atom stereocenters. The van der Waals surface area contributed by atoms with Gasteiger partial charge >= 0.3 is 0 Å². The van der Waals surface area contributed by atoms with Crippen molar-refractivity contribution < 1.29 is 0 Å². The second-order valence-electron chi connectivity index (χ2n) is 4.31. The molecule has 0 radical (unpaired) electrons. The number of nitrogens with zero attached hydrogens (tertiary/aromatic N) is 2. The van der Waals surface area contributed by atoms with E-state index in [4.69, 9.17) is 22.1 Å². The molecule has 0 atom stereocenters. The molecule has 102 valence electrons. The fourth-order valence-electron chi connectivity index (χ4n) is 1.92. The van der Waals surface area contributed by atoms with E-state index in [1.807, 2.05) is 36.4 Å². The fourth-order valence-corrected chi connectivity index (χ4v) is 1.92. The van der Waals surface area contributed by atoms with Crippen LogP contribution in [0, 0.1) is 22.7 Å². The Balaban J connectivity index is 2.45. The van der Waals surface area contributed by atoms with Gasteiger partial charge in [-0.15, -0.1) is 0 Å². The largest absolute Gasteiger partial charge is 0.396 e. The Morgan fingerprint density at radius 3 is 2.29 bits per heavy atom. The maximum Gasteiger partial charge on any atom is 0.151 e. The second kappa shape index (κ2) is 6.25. The first-order valence-corrected chi connectivity index (χ1v) is 6.17. The smallest absolute Gasteiger partial charge is 0.151 e.